The first-order valence-corrected chi connectivity index (χ1v) is 4.69. The molecule has 0 spiro atoms. The minimum atomic E-state index is -0.897. The Labute approximate surface area is 86.6 Å². The molecule has 1 heterocycles. The molecule has 1 aromatic carbocycles. The SMILES string of the molecule is CC(C)(O)c1ccc2[nH]c(=O)cnc2c1. The zero-order chi connectivity index (χ0) is 11.1. The lowest BCUT2D eigenvalue weighted by Gasteiger charge is -2.17. The van der Waals surface area contributed by atoms with Gasteiger partial charge in [0, 0.05) is 0 Å². The van der Waals surface area contributed by atoms with Crippen LogP contribution in [0.1, 0.15) is 19.4 Å². The molecule has 0 aliphatic rings. The van der Waals surface area contributed by atoms with Crippen LogP contribution in [0.4, 0.5) is 0 Å². The zero-order valence-corrected chi connectivity index (χ0v) is 8.61. The number of benzene rings is 1. The molecule has 0 amide bonds. The predicted molar refractivity (Wildman–Crippen MR) is 57.6 cm³/mol. The van der Waals surface area contributed by atoms with E-state index in [1.165, 1.54) is 6.20 Å². The third-order valence-electron chi connectivity index (χ3n) is 2.28. The standard InChI is InChI=1S/C11H12N2O2/c1-11(2,15)7-3-4-8-9(5-7)12-6-10(14)13-8/h3-6,15H,1-2H3,(H,13,14). The summed E-state index contributed by atoms with van der Waals surface area (Å²) in [7, 11) is 0. The number of rotatable bonds is 1. The minimum absolute atomic E-state index is 0.224. The van der Waals surface area contributed by atoms with Crippen LogP contribution in [0.5, 0.6) is 0 Å². The molecule has 0 unspecified atom stereocenters. The van der Waals surface area contributed by atoms with Crippen molar-refractivity contribution in [2.45, 2.75) is 19.4 Å². The van der Waals surface area contributed by atoms with Crippen LogP contribution in [0, 0.1) is 0 Å². The van der Waals surface area contributed by atoms with E-state index in [4.69, 9.17) is 0 Å². The summed E-state index contributed by atoms with van der Waals surface area (Å²) in [6.07, 6.45) is 1.23. The van der Waals surface area contributed by atoms with Gasteiger partial charge in [0.2, 0.25) is 0 Å². The normalized spacial score (nSPS) is 11.9. The fraction of sp³-hybridized carbons (Fsp3) is 0.273. The molecular formula is C11H12N2O2. The molecule has 4 nitrogen and oxygen atoms in total. The van der Waals surface area contributed by atoms with Gasteiger partial charge in [-0.05, 0) is 31.5 Å². The van der Waals surface area contributed by atoms with Crippen molar-refractivity contribution in [3.63, 3.8) is 0 Å². The molecule has 0 aliphatic carbocycles. The Balaban J connectivity index is 2.67. The number of aromatic nitrogens is 2. The summed E-state index contributed by atoms with van der Waals surface area (Å²) in [5.74, 6) is 0. The molecular weight excluding hydrogens is 192 g/mol. The largest absolute Gasteiger partial charge is 0.386 e. The van der Waals surface area contributed by atoms with E-state index in [9.17, 15) is 9.90 Å². The van der Waals surface area contributed by atoms with Crippen molar-refractivity contribution < 1.29 is 5.11 Å². The summed E-state index contributed by atoms with van der Waals surface area (Å²) in [5.41, 5.74) is 1.00. The van der Waals surface area contributed by atoms with Gasteiger partial charge in [-0.1, -0.05) is 6.07 Å². The maximum atomic E-state index is 11.0. The maximum Gasteiger partial charge on any atom is 0.266 e. The Bertz CT molecular complexity index is 552. The smallest absolute Gasteiger partial charge is 0.266 e. The second-order valence-corrected chi connectivity index (χ2v) is 4.04. The van der Waals surface area contributed by atoms with Crippen molar-refractivity contribution in [1.29, 1.82) is 0 Å². The number of hydrogen-bond donors (Lipinski definition) is 2. The van der Waals surface area contributed by atoms with E-state index < -0.39 is 5.60 Å². The zero-order valence-electron chi connectivity index (χ0n) is 8.61. The quantitative estimate of drug-likeness (QED) is 0.732. The van der Waals surface area contributed by atoms with E-state index >= 15 is 0 Å². The van der Waals surface area contributed by atoms with Gasteiger partial charge in [0.05, 0.1) is 22.8 Å². The van der Waals surface area contributed by atoms with Gasteiger partial charge in [0.15, 0.2) is 0 Å². The fourth-order valence-corrected chi connectivity index (χ4v) is 1.42. The van der Waals surface area contributed by atoms with Crippen LogP contribution in [0.3, 0.4) is 0 Å². The number of nitrogens with zero attached hydrogens (tertiary/aromatic N) is 1. The van der Waals surface area contributed by atoms with Crippen molar-refractivity contribution in [3.8, 4) is 0 Å². The van der Waals surface area contributed by atoms with Gasteiger partial charge in [-0.2, -0.15) is 0 Å². The third kappa shape index (κ3) is 1.89. The van der Waals surface area contributed by atoms with Gasteiger partial charge in [0.25, 0.3) is 5.56 Å². The molecule has 15 heavy (non-hydrogen) atoms. The lowest BCUT2D eigenvalue weighted by atomic mass is 9.98. The number of aromatic amines is 1. The Morgan fingerprint density at radius 2 is 2.13 bits per heavy atom. The summed E-state index contributed by atoms with van der Waals surface area (Å²) in [5, 5.41) is 9.80. The van der Waals surface area contributed by atoms with E-state index in [-0.39, 0.29) is 5.56 Å². The average molecular weight is 204 g/mol. The van der Waals surface area contributed by atoms with Crippen LogP contribution in [-0.2, 0) is 5.60 Å². The van der Waals surface area contributed by atoms with E-state index in [0.29, 0.717) is 11.0 Å². The van der Waals surface area contributed by atoms with Gasteiger partial charge in [-0.3, -0.25) is 4.79 Å². The van der Waals surface area contributed by atoms with Crippen LogP contribution in [0.15, 0.2) is 29.2 Å². The molecule has 0 radical (unpaired) electrons. The third-order valence-corrected chi connectivity index (χ3v) is 2.28. The summed E-state index contributed by atoms with van der Waals surface area (Å²) < 4.78 is 0. The molecule has 0 bridgehead atoms. The molecule has 2 rings (SSSR count). The Morgan fingerprint density at radius 3 is 2.80 bits per heavy atom. The average Bonchev–Trinajstić information content (AvgIpc) is 2.15. The van der Waals surface area contributed by atoms with Crippen LogP contribution < -0.4 is 5.56 Å². The van der Waals surface area contributed by atoms with E-state index in [2.05, 4.69) is 9.97 Å². The maximum absolute atomic E-state index is 11.0. The highest BCUT2D eigenvalue weighted by Crippen LogP contribution is 2.21. The van der Waals surface area contributed by atoms with Crippen LogP contribution in [0.25, 0.3) is 11.0 Å². The monoisotopic (exact) mass is 204 g/mol. The van der Waals surface area contributed by atoms with E-state index in [1.807, 2.05) is 0 Å². The van der Waals surface area contributed by atoms with E-state index in [0.717, 1.165) is 5.56 Å². The van der Waals surface area contributed by atoms with Crippen molar-refractivity contribution in [3.05, 3.63) is 40.3 Å². The van der Waals surface area contributed by atoms with Gasteiger partial charge >= 0.3 is 0 Å². The lowest BCUT2D eigenvalue weighted by molar-refractivity contribution is 0.0787. The number of H-pyrrole nitrogens is 1. The number of hydrogen-bond acceptors (Lipinski definition) is 3. The lowest BCUT2D eigenvalue weighted by Crippen LogP contribution is -2.15. The first-order chi connectivity index (χ1) is 6.97. The van der Waals surface area contributed by atoms with Crippen molar-refractivity contribution in [2.75, 3.05) is 0 Å². The number of nitrogens with one attached hydrogen (secondary N) is 1. The summed E-state index contributed by atoms with van der Waals surface area (Å²) in [6.45, 7) is 3.42. The van der Waals surface area contributed by atoms with Crippen LogP contribution >= 0.6 is 0 Å². The summed E-state index contributed by atoms with van der Waals surface area (Å²) in [4.78, 5) is 17.7. The Morgan fingerprint density at radius 1 is 1.40 bits per heavy atom. The van der Waals surface area contributed by atoms with Gasteiger partial charge in [-0.25, -0.2) is 4.98 Å². The van der Waals surface area contributed by atoms with Crippen LogP contribution in [-0.4, -0.2) is 15.1 Å². The molecule has 0 aliphatic heterocycles. The number of fused-ring (bicyclic) bond motifs is 1. The summed E-state index contributed by atoms with van der Waals surface area (Å²) >= 11 is 0. The van der Waals surface area contributed by atoms with Gasteiger partial charge in [0.1, 0.15) is 0 Å². The molecule has 0 saturated carbocycles. The van der Waals surface area contributed by atoms with Gasteiger partial charge < -0.3 is 10.1 Å². The molecule has 0 fully saturated rings. The first-order valence-electron chi connectivity index (χ1n) is 4.69. The van der Waals surface area contributed by atoms with Crippen molar-refractivity contribution in [2.24, 2.45) is 0 Å². The molecule has 2 aromatic rings. The minimum Gasteiger partial charge on any atom is -0.386 e. The highest BCUT2D eigenvalue weighted by Gasteiger charge is 2.16. The molecule has 78 valence electrons. The first kappa shape index (κ1) is 9.86. The highest BCUT2D eigenvalue weighted by molar-refractivity contribution is 5.74. The Hall–Kier alpha value is -1.68. The molecule has 4 heteroatoms. The fourth-order valence-electron chi connectivity index (χ4n) is 1.42. The molecule has 1 aromatic heterocycles. The van der Waals surface area contributed by atoms with Crippen LogP contribution in [0.2, 0.25) is 0 Å². The second kappa shape index (κ2) is 3.17. The van der Waals surface area contributed by atoms with Crippen molar-refractivity contribution >= 4 is 11.0 Å². The van der Waals surface area contributed by atoms with E-state index in [1.54, 1.807) is 32.0 Å². The van der Waals surface area contributed by atoms with Gasteiger partial charge in [-0.15, -0.1) is 0 Å². The molecule has 0 saturated heterocycles. The molecule has 2 N–H and O–H groups in total. The number of aliphatic hydroxyl groups is 1. The summed E-state index contributed by atoms with van der Waals surface area (Å²) in [6, 6.07) is 5.29. The van der Waals surface area contributed by atoms with Crippen molar-refractivity contribution in [1.82, 2.24) is 9.97 Å². The second-order valence-electron chi connectivity index (χ2n) is 4.04. The Kier molecular flexibility index (Phi) is 2.08. The highest BCUT2D eigenvalue weighted by atomic mass is 16.3. The topological polar surface area (TPSA) is 66.0 Å². The molecule has 0 atom stereocenters. The predicted octanol–water partition coefficient (Wildman–Crippen LogP) is 1.15.